The van der Waals surface area contributed by atoms with Crippen LogP contribution >= 0.6 is 0 Å². The number of fused-ring (bicyclic) bond motifs is 1. The van der Waals surface area contributed by atoms with Crippen molar-refractivity contribution in [2.45, 2.75) is 59.0 Å². The first-order valence-electron chi connectivity index (χ1n) is 7.97. The third-order valence-electron chi connectivity index (χ3n) is 4.59. The van der Waals surface area contributed by atoms with Gasteiger partial charge in [-0.25, -0.2) is 0 Å². The van der Waals surface area contributed by atoms with Gasteiger partial charge >= 0.3 is 0 Å². The molecule has 0 saturated carbocycles. The zero-order chi connectivity index (χ0) is 14.9. The lowest BCUT2D eigenvalue weighted by Gasteiger charge is -2.31. The molecule has 0 radical (unpaired) electrons. The van der Waals surface area contributed by atoms with E-state index in [0.29, 0.717) is 18.0 Å². The molecule has 2 rings (SSSR count). The van der Waals surface area contributed by atoms with E-state index in [1.807, 2.05) is 0 Å². The average molecular weight is 274 g/mol. The second kappa shape index (κ2) is 6.17. The molecule has 0 aromatic heterocycles. The normalized spacial score (nSPS) is 18.4. The molecule has 0 aliphatic carbocycles. The summed E-state index contributed by atoms with van der Waals surface area (Å²) >= 11 is 0. The minimum absolute atomic E-state index is 0.631. The number of aryl methyl sites for hydroxylation is 1. The van der Waals surface area contributed by atoms with Gasteiger partial charge in [0, 0.05) is 37.3 Å². The second-order valence-corrected chi connectivity index (χ2v) is 6.85. The lowest BCUT2D eigenvalue weighted by Crippen LogP contribution is -2.38. The SMILES string of the molecule is Cc1ccc2c(c1)[C@@H](CCN(C(C)C)C(C)C)CN2C. The van der Waals surface area contributed by atoms with Crippen molar-refractivity contribution in [2.75, 3.05) is 25.0 Å². The van der Waals surface area contributed by atoms with Crippen LogP contribution in [-0.4, -0.2) is 37.1 Å². The molecular weight excluding hydrogens is 244 g/mol. The molecule has 2 heteroatoms. The van der Waals surface area contributed by atoms with Crippen LogP contribution in [0, 0.1) is 6.92 Å². The summed E-state index contributed by atoms with van der Waals surface area (Å²) in [5.74, 6) is 0.690. The molecule has 20 heavy (non-hydrogen) atoms. The largest absolute Gasteiger partial charge is 0.374 e. The van der Waals surface area contributed by atoms with Gasteiger partial charge in [0.1, 0.15) is 0 Å². The summed E-state index contributed by atoms with van der Waals surface area (Å²) in [5, 5.41) is 0. The molecule has 2 nitrogen and oxygen atoms in total. The van der Waals surface area contributed by atoms with Crippen molar-refractivity contribution in [3.05, 3.63) is 29.3 Å². The maximum absolute atomic E-state index is 2.60. The standard InChI is InChI=1S/C18H30N2/c1-13(2)20(14(3)4)10-9-16-12-19(6)18-8-7-15(5)11-17(16)18/h7-8,11,13-14,16H,9-10,12H2,1-6H3/t16-/m0/s1. The molecular formula is C18H30N2. The molecule has 1 atom stereocenters. The molecule has 0 amide bonds. The molecule has 0 unspecified atom stereocenters. The average Bonchev–Trinajstić information content (AvgIpc) is 2.65. The molecule has 0 saturated heterocycles. The number of benzene rings is 1. The first-order chi connectivity index (χ1) is 9.40. The van der Waals surface area contributed by atoms with Crippen molar-refractivity contribution in [3.8, 4) is 0 Å². The summed E-state index contributed by atoms with van der Waals surface area (Å²) in [5.41, 5.74) is 4.37. The van der Waals surface area contributed by atoms with Gasteiger partial charge in [-0.3, -0.25) is 4.90 Å². The first kappa shape index (κ1) is 15.4. The van der Waals surface area contributed by atoms with Crippen LogP contribution < -0.4 is 4.90 Å². The second-order valence-electron chi connectivity index (χ2n) is 6.85. The highest BCUT2D eigenvalue weighted by atomic mass is 15.2. The number of likely N-dealkylation sites (N-methyl/N-ethyl adjacent to an activating group) is 1. The Bertz CT molecular complexity index is 443. The molecule has 0 N–H and O–H groups in total. The lowest BCUT2D eigenvalue weighted by molar-refractivity contribution is 0.169. The van der Waals surface area contributed by atoms with Crippen LogP contribution in [0.1, 0.15) is 51.2 Å². The monoisotopic (exact) mass is 274 g/mol. The fraction of sp³-hybridized carbons (Fsp3) is 0.667. The highest BCUT2D eigenvalue weighted by molar-refractivity contribution is 5.60. The van der Waals surface area contributed by atoms with Crippen molar-refractivity contribution < 1.29 is 0 Å². The van der Waals surface area contributed by atoms with Crippen LogP contribution in [0.15, 0.2) is 18.2 Å². The molecule has 1 aliphatic rings. The summed E-state index contributed by atoms with van der Waals surface area (Å²) in [4.78, 5) is 5.02. The third-order valence-corrected chi connectivity index (χ3v) is 4.59. The van der Waals surface area contributed by atoms with E-state index in [1.165, 1.54) is 30.8 Å². The highest BCUT2D eigenvalue weighted by Crippen LogP contribution is 2.37. The Hall–Kier alpha value is -1.02. The molecule has 0 spiro atoms. The molecule has 0 fully saturated rings. The summed E-state index contributed by atoms with van der Waals surface area (Å²) in [6.07, 6.45) is 1.26. The van der Waals surface area contributed by atoms with Crippen LogP contribution in [0.4, 0.5) is 5.69 Å². The zero-order valence-corrected chi connectivity index (χ0v) is 14.0. The molecule has 1 aromatic carbocycles. The van der Waals surface area contributed by atoms with Gasteiger partial charge in [0.25, 0.3) is 0 Å². The summed E-state index contributed by atoms with van der Waals surface area (Å²) in [6.45, 7) is 13.8. The Morgan fingerprint density at radius 1 is 1.20 bits per heavy atom. The minimum atomic E-state index is 0.631. The lowest BCUT2D eigenvalue weighted by atomic mass is 9.96. The quantitative estimate of drug-likeness (QED) is 0.799. The molecule has 0 bridgehead atoms. The fourth-order valence-corrected chi connectivity index (χ4v) is 3.54. The Kier molecular flexibility index (Phi) is 4.74. The number of rotatable bonds is 5. The van der Waals surface area contributed by atoms with Gasteiger partial charge in [0.15, 0.2) is 0 Å². The highest BCUT2D eigenvalue weighted by Gasteiger charge is 2.27. The maximum atomic E-state index is 2.60. The summed E-state index contributed by atoms with van der Waals surface area (Å²) in [6, 6.07) is 8.16. The van der Waals surface area contributed by atoms with Gasteiger partial charge in [-0.2, -0.15) is 0 Å². The topological polar surface area (TPSA) is 6.48 Å². The van der Waals surface area contributed by atoms with Crippen molar-refractivity contribution >= 4 is 5.69 Å². The van der Waals surface area contributed by atoms with Crippen LogP contribution in [0.25, 0.3) is 0 Å². The van der Waals surface area contributed by atoms with E-state index in [0.717, 1.165) is 0 Å². The van der Waals surface area contributed by atoms with Gasteiger partial charge in [-0.15, -0.1) is 0 Å². The van der Waals surface area contributed by atoms with Crippen LogP contribution in [0.5, 0.6) is 0 Å². The number of nitrogens with zero attached hydrogens (tertiary/aromatic N) is 2. The Balaban J connectivity index is 2.07. The molecule has 1 aromatic rings. The van der Waals surface area contributed by atoms with E-state index >= 15 is 0 Å². The van der Waals surface area contributed by atoms with Crippen molar-refractivity contribution in [1.29, 1.82) is 0 Å². The van der Waals surface area contributed by atoms with Crippen LogP contribution in [0.2, 0.25) is 0 Å². The van der Waals surface area contributed by atoms with E-state index in [9.17, 15) is 0 Å². The van der Waals surface area contributed by atoms with Crippen LogP contribution in [0.3, 0.4) is 0 Å². The number of hydrogen-bond acceptors (Lipinski definition) is 2. The van der Waals surface area contributed by atoms with Crippen molar-refractivity contribution in [3.63, 3.8) is 0 Å². The molecule has 1 heterocycles. The van der Waals surface area contributed by atoms with E-state index in [1.54, 1.807) is 5.56 Å². The van der Waals surface area contributed by atoms with Crippen molar-refractivity contribution in [2.24, 2.45) is 0 Å². The summed E-state index contributed by atoms with van der Waals surface area (Å²) in [7, 11) is 2.22. The van der Waals surface area contributed by atoms with Gasteiger partial charge in [-0.1, -0.05) is 17.7 Å². The smallest absolute Gasteiger partial charge is 0.0400 e. The Morgan fingerprint density at radius 3 is 2.45 bits per heavy atom. The van der Waals surface area contributed by atoms with E-state index < -0.39 is 0 Å². The molecule has 112 valence electrons. The van der Waals surface area contributed by atoms with Gasteiger partial charge < -0.3 is 4.90 Å². The Morgan fingerprint density at radius 2 is 1.85 bits per heavy atom. The van der Waals surface area contributed by atoms with E-state index in [2.05, 4.69) is 69.7 Å². The van der Waals surface area contributed by atoms with E-state index in [-0.39, 0.29) is 0 Å². The predicted octanol–water partition coefficient (Wildman–Crippen LogP) is 4.04. The zero-order valence-electron chi connectivity index (χ0n) is 14.0. The number of hydrogen-bond donors (Lipinski definition) is 0. The van der Waals surface area contributed by atoms with Gasteiger partial charge in [0.2, 0.25) is 0 Å². The minimum Gasteiger partial charge on any atom is -0.374 e. The van der Waals surface area contributed by atoms with E-state index in [4.69, 9.17) is 0 Å². The maximum Gasteiger partial charge on any atom is 0.0400 e. The van der Waals surface area contributed by atoms with Gasteiger partial charge in [0.05, 0.1) is 0 Å². The van der Waals surface area contributed by atoms with Crippen molar-refractivity contribution in [1.82, 2.24) is 4.90 Å². The number of anilines is 1. The van der Waals surface area contributed by atoms with Gasteiger partial charge in [-0.05, 0) is 59.2 Å². The fourth-order valence-electron chi connectivity index (χ4n) is 3.54. The first-order valence-corrected chi connectivity index (χ1v) is 7.97. The predicted molar refractivity (Wildman–Crippen MR) is 88.8 cm³/mol. The third kappa shape index (κ3) is 3.17. The molecule has 1 aliphatic heterocycles. The Labute approximate surface area is 124 Å². The van der Waals surface area contributed by atoms with Crippen LogP contribution in [-0.2, 0) is 0 Å². The summed E-state index contributed by atoms with van der Waals surface area (Å²) < 4.78 is 0.